The maximum Gasteiger partial charge on any atom is 0.362 e. The van der Waals surface area contributed by atoms with Crippen LogP contribution in [0.25, 0.3) is 0 Å². The normalized spacial score (nSPS) is 9.90. The van der Waals surface area contributed by atoms with Crippen molar-refractivity contribution in [3.8, 4) is 0 Å². The van der Waals surface area contributed by atoms with Gasteiger partial charge in [0, 0.05) is 14.2 Å². The fraction of sp³-hybridized carbons (Fsp3) is 0.400. The van der Waals surface area contributed by atoms with Crippen LogP contribution in [-0.4, -0.2) is 34.6 Å². The minimum Gasteiger partial charge on any atom is -0.478 e. The molecule has 0 rings (SSSR count). The molecule has 0 bridgehead atoms. The Hall–Kier alpha value is -0.653. The van der Waals surface area contributed by atoms with Gasteiger partial charge < -0.3 is 14.0 Å². The first-order valence-corrected chi connectivity index (χ1v) is 4.13. The first kappa shape index (κ1) is 9.35. The van der Waals surface area contributed by atoms with E-state index in [1.807, 2.05) is 0 Å². The summed E-state index contributed by atoms with van der Waals surface area (Å²) in [5.74, 6) is -1.06. The highest BCUT2D eigenvalue weighted by Gasteiger charge is 2.20. The molecule has 4 nitrogen and oxygen atoms in total. The highest BCUT2D eigenvalue weighted by atomic mass is 28.3. The minimum absolute atomic E-state index is 0.0324. The molecule has 5 heteroatoms. The predicted octanol–water partition coefficient (Wildman–Crippen LogP) is -0.320. The van der Waals surface area contributed by atoms with E-state index in [4.69, 9.17) is 14.0 Å². The summed E-state index contributed by atoms with van der Waals surface area (Å²) < 4.78 is 9.52. The fourth-order valence-corrected chi connectivity index (χ4v) is 1.44. The topological polar surface area (TPSA) is 55.8 Å². The molecule has 0 aromatic heterocycles. The Bertz CT molecular complexity index is 141. The minimum atomic E-state index is -2.14. The van der Waals surface area contributed by atoms with Gasteiger partial charge in [-0.15, -0.1) is 0 Å². The van der Waals surface area contributed by atoms with Crippen LogP contribution in [0.1, 0.15) is 0 Å². The van der Waals surface area contributed by atoms with Crippen molar-refractivity contribution in [2.24, 2.45) is 0 Å². The third-order valence-electron chi connectivity index (χ3n) is 0.987. The standard InChI is InChI=1S/C5H10O4Si/c1-4(5(6)7)10(8-2)9-3/h10H,1H2,2-3H3,(H,6,7). The molecule has 58 valence electrons. The second-order valence-corrected chi connectivity index (χ2v) is 3.94. The van der Waals surface area contributed by atoms with E-state index < -0.39 is 15.3 Å². The van der Waals surface area contributed by atoms with Crippen molar-refractivity contribution in [3.63, 3.8) is 0 Å². The summed E-state index contributed by atoms with van der Waals surface area (Å²) in [6.07, 6.45) is 0. The maximum absolute atomic E-state index is 10.2. The van der Waals surface area contributed by atoms with E-state index in [9.17, 15) is 4.79 Å². The number of hydrogen-bond donors (Lipinski definition) is 1. The molecule has 0 saturated carbocycles. The Kier molecular flexibility index (Phi) is 3.93. The van der Waals surface area contributed by atoms with Crippen LogP contribution in [0, 0.1) is 0 Å². The van der Waals surface area contributed by atoms with E-state index >= 15 is 0 Å². The molecule has 0 aliphatic rings. The third kappa shape index (κ3) is 2.30. The molecule has 0 saturated heterocycles. The zero-order chi connectivity index (χ0) is 8.15. The number of aliphatic carboxylic acids is 1. The summed E-state index contributed by atoms with van der Waals surface area (Å²) in [6, 6.07) is 0. The van der Waals surface area contributed by atoms with Crippen LogP contribution in [-0.2, 0) is 13.6 Å². The first-order valence-electron chi connectivity index (χ1n) is 2.61. The largest absolute Gasteiger partial charge is 0.478 e. The summed E-state index contributed by atoms with van der Waals surface area (Å²) in [6.45, 7) is 3.31. The van der Waals surface area contributed by atoms with Gasteiger partial charge in [-0.3, -0.25) is 0 Å². The van der Waals surface area contributed by atoms with Gasteiger partial charge in [-0.05, 0) is 0 Å². The molecule has 0 heterocycles. The van der Waals surface area contributed by atoms with Crippen LogP contribution in [0.3, 0.4) is 0 Å². The van der Waals surface area contributed by atoms with Crippen molar-refractivity contribution in [1.82, 2.24) is 0 Å². The number of carbonyl (C=O) groups is 1. The molecule has 0 atom stereocenters. The second-order valence-electron chi connectivity index (χ2n) is 1.63. The van der Waals surface area contributed by atoms with E-state index in [2.05, 4.69) is 6.58 Å². The zero-order valence-electron chi connectivity index (χ0n) is 5.96. The van der Waals surface area contributed by atoms with Gasteiger partial charge in [0.25, 0.3) is 0 Å². The van der Waals surface area contributed by atoms with E-state index in [1.54, 1.807) is 0 Å². The van der Waals surface area contributed by atoms with Gasteiger partial charge in [0.1, 0.15) is 0 Å². The molecule has 0 fully saturated rings. The van der Waals surface area contributed by atoms with Crippen molar-refractivity contribution in [2.75, 3.05) is 14.2 Å². The molecule has 1 N–H and O–H groups in total. The van der Waals surface area contributed by atoms with E-state index in [0.29, 0.717) is 0 Å². The zero-order valence-corrected chi connectivity index (χ0v) is 7.11. The molecule has 10 heavy (non-hydrogen) atoms. The lowest BCUT2D eigenvalue weighted by atomic mass is 10.7. The van der Waals surface area contributed by atoms with Gasteiger partial charge in [0.15, 0.2) is 0 Å². The number of carboxylic acids is 1. The Morgan fingerprint density at radius 2 is 1.90 bits per heavy atom. The molecular weight excluding hydrogens is 152 g/mol. The van der Waals surface area contributed by atoms with Crippen LogP contribution in [0.5, 0.6) is 0 Å². The molecule has 0 aromatic carbocycles. The van der Waals surface area contributed by atoms with Gasteiger partial charge >= 0.3 is 15.3 Å². The maximum atomic E-state index is 10.2. The average Bonchev–Trinajstić information content (AvgIpc) is 1.90. The van der Waals surface area contributed by atoms with Crippen molar-refractivity contribution >= 4 is 15.3 Å². The van der Waals surface area contributed by atoms with Crippen LogP contribution < -0.4 is 0 Å². The fourth-order valence-electron chi connectivity index (χ4n) is 0.482. The van der Waals surface area contributed by atoms with Gasteiger partial charge in [-0.2, -0.15) is 0 Å². The average molecular weight is 162 g/mol. The molecule has 0 spiro atoms. The van der Waals surface area contributed by atoms with Crippen LogP contribution in [0.15, 0.2) is 11.8 Å². The number of rotatable bonds is 4. The van der Waals surface area contributed by atoms with Gasteiger partial charge in [0.05, 0.1) is 5.20 Å². The molecule has 0 aliphatic carbocycles. The monoisotopic (exact) mass is 162 g/mol. The van der Waals surface area contributed by atoms with E-state index in [-0.39, 0.29) is 5.20 Å². The van der Waals surface area contributed by atoms with Crippen molar-refractivity contribution in [1.29, 1.82) is 0 Å². The summed E-state index contributed by atoms with van der Waals surface area (Å²) >= 11 is 0. The Morgan fingerprint density at radius 1 is 1.50 bits per heavy atom. The summed E-state index contributed by atoms with van der Waals surface area (Å²) in [5.41, 5.74) is 0. The van der Waals surface area contributed by atoms with Gasteiger partial charge in [0.2, 0.25) is 0 Å². The summed E-state index contributed by atoms with van der Waals surface area (Å²) in [7, 11) is 0.684. The van der Waals surface area contributed by atoms with Crippen LogP contribution in [0.4, 0.5) is 0 Å². The third-order valence-corrected chi connectivity index (χ3v) is 2.66. The Balaban J connectivity index is 4.02. The highest BCUT2D eigenvalue weighted by molar-refractivity contribution is 6.60. The SMILES string of the molecule is C=C(C(=O)O)[SiH](OC)OC. The number of hydrogen-bond acceptors (Lipinski definition) is 3. The lowest BCUT2D eigenvalue weighted by Gasteiger charge is -2.08. The van der Waals surface area contributed by atoms with Crippen molar-refractivity contribution in [2.45, 2.75) is 0 Å². The molecule has 0 amide bonds. The highest BCUT2D eigenvalue weighted by Crippen LogP contribution is 1.98. The van der Waals surface area contributed by atoms with Gasteiger partial charge in [-0.25, -0.2) is 4.79 Å². The van der Waals surface area contributed by atoms with Crippen LogP contribution >= 0.6 is 0 Å². The van der Waals surface area contributed by atoms with Gasteiger partial charge in [-0.1, -0.05) is 6.58 Å². The van der Waals surface area contributed by atoms with E-state index in [0.717, 1.165) is 0 Å². The van der Waals surface area contributed by atoms with Crippen molar-refractivity contribution < 1.29 is 18.8 Å². The Labute approximate surface area is 60.9 Å². The number of carboxylic acid groups (broad SMARTS) is 1. The quantitative estimate of drug-likeness (QED) is 0.454. The van der Waals surface area contributed by atoms with E-state index in [1.165, 1.54) is 14.2 Å². The van der Waals surface area contributed by atoms with Crippen LogP contribution in [0.2, 0.25) is 0 Å². The molecule has 0 aromatic rings. The molecular formula is C5H10O4Si. The lowest BCUT2D eigenvalue weighted by Crippen LogP contribution is -2.26. The molecule has 0 unspecified atom stereocenters. The molecule has 0 aliphatic heterocycles. The second kappa shape index (κ2) is 4.21. The van der Waals surface area contributed by atoms with Crippen molar-refractivity contribution in [3.05, 3.63) is 11.8 Å². The predicted molar refractivity (Wildman–Crippen MR) is 37.9 cm³/mol. The molecule has 0 radical (unpaired) electrons. The summed E-state index contributed by atoms with van der Waals surface area (Å²) in [5, 5.41) is 8.42. The Morgan fingerprint density at radius 3 is 2.00 bits per heavy atom. The smallest absolute Gasteiger partial charge is 0.362 e. The summed E-state index contributed by atoms with van der Waals surface area (Å²) in [4.78, 5) is 10.2. The lowest BCUT2D eigenvalue weighted by molar-refractivity contribution is -0.132. The first-order chi connectivity index (χ1) is 4.63.